The van der Waals surface area contributed by atoms with Crippen molar-refractivity contribution in [3.8, 4) is 0 Å². The van der Waals surface area contributed by atoms with E-state index in [1.807, 2.05) is 5.32 Å². The number of amides is 3. The average Bonchev–Trinajstić information content (AvgIpc) is 2.23. The van der Waals surface area contributed by atoms with E-state index in [2.05, 4.69) is 5.32 Å². The lowest BCUT2D eigenvalue weighted by molar-refractivity contribution is -0.137. The molecular formula is C7H10N2O4. The molecule has 72 valence electrons. The summed E-state index contributed by atoms with van der Waals surface area (Å²) in [4.78, 5) is 32.1. The number of hydrogen-bond donors (Lipinski definition) is 3. The van der Waals surface area contributed by atoms with Crippen LogP contribution in [0.2, 0.25) is 0 Å². The van der Waals surface area contributed by atoms with E-state index in [1.165, 1.54) is 6.92 Å². The summed E-state index contributed by atoms with van der Waals surface area (Å²) in [6.07, 6.45) is -0.0515. The third kappa shape index (κ3) is 1.95. The lowest BCUT2D eigenvalue weighted by Gasteiger charge is -2.18. The molecule has 0 radical (unpaired) electrons. The maximum atomic E-state index is 11.1. The van der Waals surface area contributed by atoms with E-state index in [4.69, 9.17) is 5.11 Å². The van der Waals surface area contributed by atoms with Crippen molar-refractivity contribution >= 4 is 17.9 Å². The predicted molar refractivity (Wildman–Crippen MR) is 41.9 cm³/mol. The highest BCUT2D eigenvalue weighted by atomic mass is 16.4. The van der Waals surface area contributed by atoms with Gasteiger partial charge < -0.3 is 10.4 Å². The van der Waals surface area contributed by atoms with Crippen molar-refractivity contribution in [3.63, 3.8) is 0 Å². The van der Waals surface area contributed by atoms with Crippen LogP contribution in [-0.2, 0) is 9.59 Å². The fraction of sp³-hybridized carbons (Fsp3) is 0.571. The maximum absolute atomic E-state index is 11.1. The summed E-state index contributed by atoms with van der Waals surface area (Å²) in [5, 5.41) is 12.8. The molecule has 0 aromatic carbocycles. The van der Waals surface area contributed by atoms with Gasteiger partial charge in [0.15, 0.2) is 0 Å². The number of carbonyl (C=O) groups excluding carboxylic acids is 2. The van der Waals surface area contributed by atoms with Gasteiger partial charge >= 0.3 is 12.0 Å². The van der Waals surface area contributed by atoms with E-state index in [-0.39, 0.29) is 12.8 Å². The molecule has 3 N–H and O–H groups in total. The fourth-order valence-corrected chi connectivity index (χ4v) is 1.11. The molecule has 0 saturated carbocycles. The summed E-state index contributed by atoms with van der Waals surface area (Å²) in [6.45, 7) is 1.50. The monoisotopic (exact) mass is 186 g/mol. The lowest BCUT2D eigenvalue weighted by atomic mass is 9.96. The smallest absolute Gasteiger partial charge is 0.322 e. The zero-order chi connectivity index (χ0) is 10.1. The number of carbonyl (C=O) groups is 3. The average molecular weight is 186 g/mol. The minimum Gasteiger partial charge on any atom is -0.481 e. The Morgan fingerprint density at radius 3 is 2.54 bits per heavy atom. The molecule has 1 saturated heterocycles. The Morgan fingerprint density at radius 1 is 1.54 bits per heavy atom. The Hall–Kier alpha value is -1.59. The van der Waals surface area contributed by atoms with Crippen LogP contribution in [0.15, 0.2) is 0 Å². The molecule has 1 unspecified atom stereocenters. The summed E-state index contributed by atoms with van der Waals surface area (Å²) < 4.78 is 0. The van der Waals surface area contributed by atoms with Crippen LogP contribution in [0.25, 0.3) is 0 Å². The standard InChI is InChI=1S/C7H10N2O4/c1-7(3-2-4(10)11)5(12)8-6(13)9-7/h2-3H2,1H3,(H,10,11)(H2,8,9,12,13). The summed E-state index contributed by atoms with van der Waals surface area (Å²) in [6, 6.07) is -0.571. The topological polar surface area (TPSA) is 95.5 Å². The highest BCUT2D eigenvalue weighted by Crippen LogP contribution is 2.16. The Bertz CT molecular complexity index is 276. The first kappa shape index (κ1) is 9.50. The summed E-state index contributed by atoms with van der Waals surface area (Å²) in [5.41, 5.74) is -1.07. The van der Waals surface area contributed by atoms with Crippen molar-refractivity contribution in [1.29, 1.82) is 0 Å². The number of imide groups is 1. The van der Waals surface area contributed by atoms with Crippen LogP contribution in [0.4, 0.5) is 4.79 Å². The lowest BCUT2D eigenvalue weighted by Crippen LogP contribution is -2.43. The predicted octanol–water partition coefficient (Wildman–Crippen LogP) is -0.551. The molecule has 1 rings (SSSR count). The Balaban J connectivity index is 2.60. The van der Waals surface area contributed by atoms with E-state index >= 15 is 0 Å². The summed E-state index contributed by atoms with van der Waals surface area (Å²) in [5.74, 6) is -1.46. The quantitative estimate of drug-likeness (QED) is 0.515. The number of carboxylic acids is 1. The molecule has 1 fully saturated rings. The van der Waals surface area contributed by atoms with Gasteiger partial charge in [0.25, 0.3) is 5.91 Å². The van der Waals surface area contributed by atoms with Gasteiger partial charge in [-0.3, -0.25) is 14.9 Å². The molecule has 3 amide bonds. The molecule has 6 nitrogen and oxygen atoms in total. The van der Waals surface area contributed by atoms with Gasteiger partial charge in [-0.05, 0) is 13.3 Å². The SMILES string of the molecule is CC1(CCC(=O)O)NC(=O)NC1=O. The van der Waals surface area contributed by atoms with Crippen molar-refractivity contribution in [3.05, 3.63) is 0 Å². The number of nitrogens with one attached hydrogen (secondary N) is 2. The molecule has 0 aliphatic carbocycles. The molecule has 0 bridgehead atoms. The van der Waals surface area contributed by atoms with Crippen molar-refractivity contribution in [2.45, 2.75) is 25.3 Å². The summed E-state index contributed by atoms with van der Waals surface area (Å²) in [7, 11) is 0. The van der Waals surface area contributed by atoms with Crippen LogP contribution >= 0.6 is 0 Å². The molecule has 0 aromatic heterocycles. The van der Waals surface area contributed by atoms with Crippen molar-refractivity contribution in [2.24, 2.45) is 0 Å². The normalized spacial score (nSPS) is 26.8. The van der Waals surface area contributed by atoms with Crippen molar-refractivity contribution < 1.29 is 19.5 Å². The number of rotatable bonds is 3. The maximum Gasteiger partial charge on any atom is 0.322 e. The number of hydrogen-bond acceptors (Lipinski definition) is 3. The molecule has 1 atom stereocenters. The fourth-order valence-electron chi connectivity index (χ4n) is 1.11. The van der Waals surface area contributed by atoms with Gasteiger partial charge in [0, 0.05) is 6.42 Å². The number of urea groups is 1. The summed E-state index contributed by atoms with van der Waals surface area (Å²) >= 11 is 0. The molecule has 0 aromatic rings. The third-order valence-electron chi connectivity index (χ3n) is 1.96. The van der Waals surface area contributed by atoms with E-state index in [1.54, 1.807) is 0 Å². The van der Waals surface area contributed by atoms with Crippen LogP contribution in [0.5, 0.6) is 0 Å². The van der Waals surface area contributed by atoms with Crippen LogP contribution in [0, 0.1) is 0 Å². The third-order valence-corrected chi connectivity index (χ3v) is 1.96. The molecule has 13 heavy (non-hydrogen) atoms. The van der Waals surface area contributed by atoms with Gasteiger partial charge in [-0.25, -0.2) is 4.79 Å². The molecule has 1 aliphatic rings. The first-order chi connectivity index (χ1) is 5.94. The minimum absolute atomic E-state index is 0.0971. The Kier molecular flexibility index (Phi) is 2.22. The van der Waals surface area contributed by atoms with Crippen molar-refractivity contribution in [2.75, 3.05) is 0 Å². The van der Waals surface area contributed by atoms with Gasteiger partial charge in [0.2, 0.25) is 0 Å². The second-order valence-electron chi connectivity index (χ2n) is 3.13. The molecule has 6 heteroatoms. The van der Waals surface area contributed by atoms with Crippen LogP contribution in [-0.4, -0.2) is 28.6 Å². The zero-order valence-electron chi connectivity index (χ0n) is 7.09. The van der Waals surface area contributed by atoms with E-state index in [9.17, 15) is 14.4 Å². The number of aliphatic carboxylic acids is 1. The second kappa shape index (κ2) is 3.04. The van der Waals surface area contributed by atoms with E-state index < -0.39 is 23.4 Å². The molecule has 0 spiro atoms. The van der Waals surface area contributed by atoms with Crippen LogP contribution < -0.4 is 10.6 Å². The minimum atomic E-state index is -1.07. The Labute approximate surface area is 74.3 Å². The van der Waals surface area contributed by atoms with E-state index in [0.717, 1.165) is 0 Å². The molecule has 1 aliphatic heterocycles. The first-order valence-electron chi connectivity index (χ1n) is 3.79. The Morgan fingerprint density at radius 2 is 2.15 bits per heavy atom. The van der Waals surface area contributed by atoms with Crippen LogP contribution in [0.1, 0.15) is 19.8 Å². The highest BCUT2D eigenvalue weighted by molar-refractivity contribution is 6.06. The van der Waals surface area contributed by atoms with Crippen molar-refractivity contribution in [1.82, 2.24) is 10.6 Å². The van der Waals surface area contributed by atoms with Crippen LogP contribution in [0.3, 0.4) is 0 Å². The zero-order valence-corrected chi connectivity index (χ0v) is 7.09. The first-order valence-corrected chi connectivity index (χ1v) is 3.79. The van der Waals surface area contributed by atoms with Gasteiger partial charge in [0.1, 0.15) is 5.54 Å². The van der Waals surface area contributed by atoms with Gasteiger partial charge in [-0.15, -0.1) is 0 Å². The highest BCUT2D eigenvalue weighted by Gasteiger charge is 2.41. The number of carboxylic acid groups (broad SMARTS) is 1. The van der Waals surface area contributed by atoms with Gasteiger partial charge in [0.05, 0.1) is 0 Å². The van der Waals surface area contributed by atoms with Gasteiger partial charge in [-0.2, -0.15) is 0 Å². The second-order valence-corrected chi connectivity index (χ2v) is 3.13. The largest absolute Gasteiger partial charge is 0.481 e. The van der Waals surface area contributed by atoms with E-state index in [0.29, 0.717) is 0 Å². The molecular weight excluding hydrogens is 176 g/mol. The van der Waals surface area contributed by atoms with Gasteiger partial charge in [-0.1, -0.05) is 0 Å². The molecule has 1 heterocycles.